The molecule has 81 valence electrons. The highest BCUT2D eigenvalue weighted by Crippen LogP contribution is 2.18. The number of nitrogens with one attached hydrogen (secondary N) is 2. The summed E-state index contributed by atoms with van der Waals surface area (Å²) >= 11 is 0. The Hall–Kier alpha value is -0.0151. The summed E-state index contributed by atoms with van der Waals surface area (Å²) in [5, 5.41) is 7.26. The minimum atomic E-state index is 0.597. The molecular weight excluding hydrogens is 171 g/mol. The molecule has 0 bridgehead atoms. The maximum absolute atomic E-state index is 3.63. The van der Waals surface area contributed by atoms with Crippen molar-refractivity contribution in [1.29, 1.82) is 0 Å². The Morgan fingerprint density at radius 3 is 2.00 bits per heavy atom. The quantitative estimate of drug-likeness (QED) is 0.653. The largest absolute Gasteiger partial charge is 0.314 e. The number of rotatable bonds is 2. The van der Waals surface area contributed by atoms with Gasteiger partial charge in [0, 0.05) is 12.1 Å². The monoisotopic (exact) mass is 195 g/mol. The van der Waals surface area contributed by atoms with Crippen molar-refractivity contribution in [2.24, 2.45) is 5.92 Å². The van der Waals surface area contributed by atoms with E-state index in [0.717, 1.165) is 25.3 Å². The van der Waals surface area contributed by atoms with Gasteiger partial charge in [-0.1, -0.05) is 34.0 Å². The molecule has 14 heavy (non-hydrogen) atoms. The molecule has 1 aliphatic heterocycles. The first-order valence-corrected chi connectivity index (χ1v) is 5.95. The molecule has 2 nitrogen and oxygen atoms in total. The summed E-state index contributed by atoms with van der Waals surface area (Å²) in [6.07, 6.45) is 1.16. The Labute approximate surface area is 89.5 Å². The molecule has 1 saturated heterocycles. The molecule has 1 aliphatic rings. The minimum Gasteiger partial charge on any atom is -0.314 e. The van der Waals surface area contributed by atoms with Gasteiger partial charge in [0.25, 0.3) is 0 Å². The molecular formula is C11H24BN2. The lowest BCUT2D eigenvalue weighted by Gasteiger charge is -2.35. The summed E-state index contributed by atoms with van der Waals surface area (Å²) in [4.78, 5) is 0. The average molecular weight is 195 g/mol. The van der Waals surface area contributed by atoms with Crippen LogP contribution in [0.25, 0.3) is 0 Å². The van der Waals surface area contributed by atoms with Crippen LogP contribution in [0.5, 0.6) is 0 Å². The lowest BCUT2D eigenvalue weighted by atomic mass is 9.56. The van der Waals surface area contributed by atoms with Crippen molar-refractivity contribution in [2.75, 3.05) is 13.1 Å². The molecule has 0 amide bonds. The Morgan fingerprint density at radius 1 is 1.07 bits per heavy atom. The van der Waals surface area contributed by atoms with Gasteiger partial charge in [-0.3, -0.25) is 0 Å². The van der Waals surface area contributed by atoms with Crippen LogP contribution in [0.1, 0.15) is 27.7 Å². The van der Waals surface area contributed by atoms with Crippen LogP contribution in [0.2, 0.25) is 12.1 Å². The normalized spacial score (nSPS) is 40.0. The van der Waals surface area contributed by atoms with Crippen molar-refractivity contribution in [1.82, 2.24) is 10.6 Å². The summed E-state index contributed by atoms with van der Waals surface area (Å²) in [5.41, 5.74) is 0. The predicted octanol–water partition coefficient (Wildman–Crippen LogP) is 1.52. The zero-order valence-electron chi connectivity index (χ0n) is 10.0. The van der Waals surface area contributed by atoms with Crippen LogP contribution in [0.4, 0.5) is 0 Å². The van der Waals surface area contributed by atoms with Crippen LogP contribution < -0.4 is 10.6 Å². The Morgan fingerprint density at radius 2 is 1.57 bits per heavy atom. The second kappa shape index (κ2) is 5.77. The van der Waals surface area contributed by atoms with E-state index in [4.69, 9.17) is 0 Å². The van der Waals surface area contributed by atoms with Gasteiger partial charge >= 0.3 is 0 Å². The van der Waals surface area contributed by atoms with Crippen molar-refractivity contribution in [3.05, 3.63) is 0 Å². The fourth-order valence-corrected chi connectivity index (χ4v) is 2.23. The molecule has 1 heterocycles. The second-order valence-corrected chi connectivity index (χ2v) is 4.72. The summed E-state index contributed by atoms with van der Waals surface area (Å²) in [6, 6.07) is 1.19. The van der Waals surface area contributed by atoms with Crippen LogP contribution in [0, 0.1) is 5.92 Å². The smallest absolute Gasteiger partial charge is 0.117 e. The van der Waals surface area contributed by atoms with Crippen molar-refractivity contribution in [2.45, 2.75) is 51.9 Å². The van der Waals surface area contributed by atoms with E-state index in [0.29, 0.717) is 17.9 Å². The summed E-state index contributed by atoms with van der Waals surface area (Å²) in [6.45, 7) is 11.4. The number of hydrogen-bond donors (Lipinski definition) is 2. The zero-order chi connectivity index (χ0) is 10.6. The predicted molar refractivity (Wildman–Crippen MR) is 64.1 cm³/mol. The lowest BCUT2D eigenvalue weighted by molar-refractivity contribution is 0.338. The van der Waals surface area contributed by atoms with E-state index < -0.39 is 0 Å². The first-order chi connectivity index (χ1) is 6.65. The fourth-order valence-electron chi connectivity index (χ4n) is 2.23. The third-order valence-electron chi connectivity index (χ3n) is 3.24. The van der Waals surface area contributed by atoms with Crippen LogP contribution in [0.15, 0.2) is 0 Å². The molecule has 3 heteroatoms. The standard InChI is InChI=1S/C11H24BN2/c1-5-12-11-9(3)13-6-8(2)7-14-10(11)4/h8-11,13-14H,5-7H2,1-4H3/t8?,9-,10+,11?. The lowest BCUT2D eigenvalue weighted by Crippen LogP contribution is -2.49. The third kappa shape index (κ3) is 3.28. The van der Waals surface area contributed by atoms with Gasteiger partial charge in [-0.15, -0.1) is 0 Å². The summed E-state index contributed by atoms with van der Waals surface area (Å²) in [7, 11) is 2.44. The van der Waals surface area contributed by atoms with Crippen molar-refractivity contribution in [3.63, 3.8) is 0 Å². The van der Waals surface area contributed by atoms with Gasteiger partial charge < -0.3 is 10.6 Å². The molecule has 0 spiro atoms. The van der Waals surface area contributed by atoms with E-state index in [1.807, 2.05) is 0 Å². The van der Waals surface area contributed by atoms with Gasteiger partial charge in [-0.25, -0.2) is 0 Å². The van der Waals surface area contributed by atoms with Gasteiger partial charge in [0.1, 0.15) is 7.28 Å². The van der Waals surface area contributed by atoms with Gasteiger partial charge in [0.2, 0.25) is 0 Å². The fraction of sp³-hybridized carbons (Fsp3) is 1.00. The van der Waals surface area contributed by atoms with Gasteiger partial charge in [-0.05, 0) is 24.8 Å². The van der Waals surface area contributed by atoms with E-state index in [2.05, 4.69) is 45.6 Å². The minimum absolute atomic E-state index is 0.597. The van der Waals surface area contributed by atoms with Crippen molar-refractivity contribution >= 4 is 7.28 Å². The van der Waals surface area contributed by atoms with E-state index in [1.54, 1.807) is 0 Å². The number of hydrogen-bond acceptors (Lipinski definition) is 2. The van der Waals surface area contributed by atoms with Gasteiger partial charge in [-0.2, -0.15) is 0 Å². The molecule has 0 saturated carbocycles. The van der Waals surface area contributed by atoms with Gasteiger partial charge in [0.15, 0.2) is 0 Å². The van der Waals surface area contributed by atoms with Crippen molar-refractivity contribution < 1.29 is 0 Å². The van der Waals surface area contributed by atoms with Crippen LogP contribution in [0.3, 0.4) is 0 Å². The third-order valence-corrected chi connectivity index (χ3v) is 3.24. The van der Waals surface area contributed by atoms with Gasteiger partial charge in [0.05, 0.1) is 0 Å². The first-order valence-electron chi connectivity index (χ1n) is 5.95. The molecule has 0 aromatic heterocycles. The molecule has 0 aromatic carbocycles. The highest BCUT2D eigenvalue weighted by molar-refractivity contribution is 6.38. The maximum atomic E-state index is 3.63. The topological polar surface area (TPSA) is 24.1 Å². The second-order valence-electron chi connectivity index (χ2n) is 4.72. The molecule has 0 aromatic rings. The Balaban J connectivity index is 2.53. The van der Waals surface area contributed by atoms with Crippen LogP contribution in [-0.2, 0) is 0 Å². The summed E-state index contributed by atoms with van der Waals surface area (Å²) < 4.78 is 0. The average Bonchev–Trinajstić information content (AvgIpc) is 2.17. The molecule has 2 N–H and O–H groups in total. The molecule has 0 aliphatic carbocycles. The molecule has 2 unspecified atom stereocenters. The highest BCUT2D eigenvalue weighted by atomic mass is 15.0. The highest BCUT2D eigenvalue weighted by Gasteiger charge is 2.25. The maximum Gasteiger partial charge on any atom is 0.117 e. The Kier molecular flexibility index (Phi) is 4.97. The first kappa shape index (κ1) is 12.1. The van der Waals surface area contributed by atoms with Crippen LogP contribution in [-0.4, -0.2) is 32.5 Å². The molecule has 4 atom stereocenters. The molecule has 1 fully saturated rings. The SMILES string of the molecule is CC[B]C1[C@H](C)NCC(C)CN[C@@H]1C. The van der Waals surface area contributed by atoms with E-state index in [9.17, 15) is 0 Å². The van der Waals surface area contributed by atoms with E-state index in [-0.39, 0.29) is 0 Å². The Bertz CT molecular complexity index is 149. The van der Waals surface area contributed by atoms with E-state index >= 15 is 0 Å². The molecule has 1 rings (SSSR count). The van der Waals surface area contributed by atoms with Crippen LogP contribution >= 0.6 is 0 Å². The van der Waals surface area contributed by atoms with E-state index in [1.165, 1.54) is 0 Å². The summed E-state index contributed by atoms with van der Waals surface area (Å²) in [5.74, 6) is 1.40. The van der Waals surface area contributed by atoms with Crippen molar-refractivity contribution in [3.8, 4) is 0 Å². The molecule has 1 radical (unpaired) electrons. The zero-order valence-corrected chi connectivity index (χ0v) is 10.0.